The van der Waals surface area contributed by atoms with Crippen LogP contribution in [0.4, 0.5) is 13.2 Å². The molecule has 0 spiro atoms. The number of halogens is 5. The molecule has 0 aliphatic heterocycles. The highest BCUT2D eigenvalue weighted by atomic mass is 35.5. The van der Waals surface area contributed by atoms with Gasteiger partial charge >= 0.3 is 12.1 Å². The number of rotatable bonds is 6. The highest BCUT2D eigenvalue weighted by Gasteiger charge is 2.59. The lowest BCUT2D eigenvalue weighted by molar-refractivity contribution is -0.274. The van der Waals surface area contributed by atoms with E-state index in [2.05, 4.69) is 9.97 Å². The smallest absolute Gasteiger partial charge is 0.422 e. The Morgan fingerprint density at radius 1 is 0.917 bits per heavy atom. The second kappa shape index (κ2) is 9.57. The van der Waals surface area contributed by atoms with Crippen molar-refractivity contribution < 1.29 is 32.9 Å². The van der Waals surface area contributed by atoms with Gasteiger partial charge in [0.15, 0.2) is 5.60 Å². The molecule has 0 saturated heterocycles. The normalized spacial score (nSPS) is 14.3. The number of alkyl halides is 3. The van der Waals surface area contributed by atoms with Crippen LogP contribution < -0.4 is 4.74 Å². The molecule has 11 heteroatoms. The summed E-state index contributed by atoms with van der Waals surface area (Å²) in [6.07, 6.45) is -2.29. The number of benzene rings is 3. The Morgan fingerprint density at radius 3 is 2.11 bits per heavy atom. The quantitative estimate of drug-likeness (QED) is 0.276. The minimum absolute atomic E-state index is 0.0299. The van der Waals surface area contributed by atoms with Crippen molar-refractivity contribution >= 4 is 40.2 Å². The molecule has 4 rings (SSSR count). The molecular formula is C25H17Cl2F3N2O4. The largest absolute Gasteiger partial charge is 0.478 e. The van der Waals surface area contributed by atoms with Crippen molar-refractivity contribution in [3.05, 3.63) is 93.7 Å². The number of carboxylic acid groups (broad SMARTS) is 1. The third-order valence-corrected chi connectivity index (χ3v) is 6.45. The first kappa shape index (κ1) is 25.7. The lowest BCUT2D eigenvalue weighted by Gasteiger charge is -2.37. The highest BCUT2D eigenvalue weighted by Crippen LogP contribution is 2.50. The molecule has 0 fully saturated rings. The summed E-state index contributed by atoms with van der Waals surface area (Å²) in [5, 5.41) is 20.1. The van der Waals surface area contributed by atoms with Crippen LogP contribution in [0.1, 0.15) is 34.3 Å². The lowest BCUT2D eigenvalue weighted by atomic mass is 9.77. The standard InChI is InChI=1S/C25H17Cl2F3N2O4/c1-13(24(35,25(28,29)30)14-2-7-21-22(10-14)32-9-8-31-21)17-5-3-15(11-19(17)26)36-16-4-6-18(23(33)34)20(27)12-16/h2-13,35H,1H3,(H,33,34)/t13-,24-/m1/s1. The summed E-state index contributed by atoms with van der Waals surface area (Å²) in [6.45, 7) is 1.22. The predicted molar refractivity (Wildman–Crippen MR) is 128 cm³/mol. The molecule has 1 aromatic heterocycles. The van der Waals surface area contributed by atoms with E-state index in [9.17, 15) is 23.1 Å². The van der Waals surface area contributed by atoms with Crippen LogP contribution in [0.25, 0.3) is 11.0 Å². The minimum Gasteiger partial charge on any atom is -0.478 e. The Bertz CT molecular complexity index is 1470. The van der Waals surface area contributed by atoms with E-state index in [1.807, 2.05) is 0 Å². The molecule has 4 aromatic rings. The average molecular weight is 537 g/mol. The van der Waals surface area contributed by atoms with Gasteiger partial charge in [0.05, 0.1) is 21.6 Å². The maximum absolute atomic E-state index is 14.3. The van der Waals surface area contributed by atoms with Crippen molar-refractivity contribution in [2.24, 2.45) is 0 Å². The van der Waals surface area contributed by atoms with Crippen molar-refractivity contribution in [3.63, 3.8) is 0 Å². The Kier molecular flexibility index (Phi) is 6.83. The fraction of sp³-hybridized carbons (Fsp3) is 0.160. The van der Waals surface area contributed by atoms with Gasteiger partial charge in [-0.15, -0.1) is 0 Å². The number of carboxylic acids is 1. The molecule has 0 amide bonds. The first-order valence-electron chi connectivity index (χ1n) is 10.4. The summed E-state index contributed by atoms with van der Waals surface area (Å²) in [5.74, 6) is -2.35. The summed E-state index contributed by atoms with van der Waals surface area (Å²) in [4.78, 5) is 19.2. The van der Waals surface area contributed by atoms with Gasteiger partial charge in [0.1, 0.15) is 11.5 Å². The number of aromatic nitrogens is 2. The second-order valence-corrected chi connectivity index (χ2v) is 8.79. The summed E-state index contributed by atoms with van der Waals surface area (Å²) >= 11 is 12.3. The van der Waals surface area contributed by atoms with E-state index in [1.165, 1.54) is 61.8 Å². The van der Waals surface area contributed by atoms with Crippen LogP contribution in [-0.2, 0) is 5.60 Å². The van der Waals surface area contributed by atoms with Crippen molar-refractivity contribution in [1.29, 1.82) is 0 Å². The van der Waals surface area contributed by atoms with Gasteiger partial charge in [0, 0.05) is 29.4 Å². The molecule has 3 aromatic carbocycles. The molecule has 1 heterocycles. The van der Waals surface area contributed by atoms with E-state index in [1.54, 1.807) is 0 Å². The first-order valence-corrected chi connectivity index (χ1v) is 11.2. The van der Waals surface area contributed by atoms with Gasteiger partial charge in [-0.3, -0.25) is 9.97 Å². The summed E-state index contributed by atoms with van der Waals surface area (Å²) in [5.41, 5.74) is -3.19. The molecule has 2 N–H and O–H groups in total. The summed E-state index contributed by atoms with van der Waals surface area (Å²) < 4.78 is 48.7. The van der Waals surface area contributed by atoms with Crippen molar-refractivity contribution in [3.8, 4) is 11.5 Å². The number of aliphatic hydroxyl groups is 1. The molecule has 0 aliphatic rings. The van der Waals surface area contributed by atoms with Crippen LogP contribution in [-0.4, -0.2) is 32.3 Å². The van der Waals surface area contributed by atoms with Gasteiger partial charge in [0.2, 0.25) is 0 Å². The topological polar surface area (TPSA) is 92.5 Å². The maximum atomic E-state index is 14.3. The van der Waals surface area contributed by atoms with E-state index in [-0.39, 0.29) is 38.2 Å². The fourth-order valence-electron chi connectivity index (χ4n) is 3.88. The van der Waals surface area contributed by atoms with Gasteiger partial charge in [-0.2, -0.15) is 13.2 Å². The molecule has 0 aliphatic carbocycles. The maximum Gasteiger partial charge on any atom is 0.422 e. The molecule has 36 heavy (non-hydrogen) atoms. The zero-order chi connectivity index (χ0) is 26.3. The Hall–Kier alpha value is -3.40. The Morgan fingerprint density at radius 2 is 1.53 bits per heavy atom. The zero-order valence-electron chi connectivity index (χ0n) is 18.4. The number of aromatic carboxylic acids is 1. The zero-order valence-corrected chi connectivity index (χ0v) is 19.9. The second-order valence-electron chi connectivity index (χ2n) is 7.98. The highest BCUT2D eigenvalue weighted by molar-refractivity contribution is 6.33. The fourth-order valence-corrected chi connectivity index (χ4v) is 4.46. The molecular weight excluding hydrogens is 520 g/mol. The van der Waals surface area contributed by atoms with Crippen molar-refractivity contribution in [1.82, 2.24) is 9.97 Å². The predicted octanol–water partition coefficient (Wildman–Crippen LogP) is 6.98. The monoisotopic (exact) mass is 536 g/mol. The summed E-state index contributed by atoms with van der Waals surface area (Å²) in [7, 11) is 0. The first-order chi connectivity index (χ1) is 16.9. The molecule has 0 saturated carbocycles. The number of carbonyl (C=O) groups is 1. The number of nitrogens with zero attached hydrogens (tertiary/aromatic N) is 2. The number of ether oxygens (including phenoxy) is 1. The van der Waals surface area contributed by atoms with Crippen LogP contribution in [0.15, 0.2) is 67.0 Å². The molecule has 0 radical (unpaired) electrons. The van der Waals surface area contributed by atoms with E-state index in [0.717, 1.165) is 12.1 Å². The lowest BCUT2D eigenvalue weighted by Crippen LogP contribution is -2.46. The molecule has 186 valence electrons. The number of hydrogen-bond donors (Lipinski definition) is 2. The third-order valence-electron chi connectivity index (χ3n) is 5.81. The Labute approximate surface area is 212 Å². The van der Waals surface area contributed by atoms with Gasteiger partial charge in [-0.05, 0) is 47.5 Å². The van der Waals surface area contributed by atoms with E-state index >= 15 is 0 Å². The van der Waals surface area contributed by atoms with Gasteiger partial charge in [0.25, 0.3) is 0 Å². The molecule has 2 atom stereocenters. The van der Waals surface area contributed by atoms with Crippen molar-refractivity contribution in [2.45, 2.75) is 24.6 Å². The Balaban J connectivity index is 1.68. The average Bonchev–Trinajstić information content (AvgIpc) is 2.82. The summed E-state index contributed by atoms with van der Waals surface area (Å²) in [6, 6.07) is 11.6. The molecule has 0 unspecified atom stereocenters. The van der Waals surface area contributed by atoms with Crippen LogP contribution >= 0.6 is 23.2 Å². The number of fused-ring (bicyclic) bond motifs is 1. The van der Waals surface area contributed by atoms with Crippen LogP contribution in [0.2, 0.25) is 10.0 Å². The van der Waals surface area contributed by atoms with E-state index < -0.39 is 29.2 Å². The van der Waals surface area contributed by atoms with Crippen LogP contribution in [0.3, 0.4) is 0 Å². The third kappa shape index (κ3) is 4.69. The van der Waals surface area contributed by atoms with Crippen molar-refractivity contribution in [2.75, 3.05) is 0 Å². The van der Waals surface area contributed by atoms with Gasteiger partial charge in [-0.25, -0.2) is 4.79 Å². The van der Waals surface area contributed by atoms with Gasteiger partial charge < -0.3 is 14.9 Å². The van der Waals surface area contributed by atoms with Gasteiger partial charge in [-0.1, -0.05) is 42.3 Å². The van der Waals surface area contributed by atoms with Crippen LogP contribution in [0.5, 0.6) is 11.5 Å². The number of hydrogen-bond acceptors (Lipinski definition) is 5. The molecule has 0 bridgehead atoms. The SMILES string of the molecule is C[C@H](c1ccc(Oc2ccc(C(=O)O)c(Cl)c2)cc1Cl)[C@@](O)(c1ccc2nccnc2c1)C(F)(F)F. The van der Waals surface area contributed by atoms with E-state index in [4.69, 9.17) is 33.0 Å². The minimum atomic E-state index is -5.05. The van der Waals surface area contributed by atoms with Crippen LogP contribution in [0, 0.1) is 0 Å². The van der Waals surface area contributed by atoms with E-state index in [0.29, 0.717) is 5.52 Å². The molecule has 6 nitrogen and oxygen atoms in total.